The highest BCUT2D eigenvalue weighted by atomic mass is 28.3. The molecule has 10 aromatic carbocycles. The molecular weight excluding hydrogens is 777 g/mol. The lowest BCUT2D eigenvalue weighted by Gasteiger charge is -2.34. The zero-order chi connectivity index (χ0) is 41.7. The van der Waals surface area contributed by atoms with Gasteiger partial charge in [-0.1, -0.05) is 212 Å². The van der Waals surface area contributed by atoms with E-state index in [1.807, 2.05) is 0 Å². The van der Waals surface area contributed by atoms with Crippen molar-refractivity contribution in [3.63, 3.8) is 0 Å². The smallest absolute Gasteiger partial charge is 0.179 e. The van der Waals surface area contributed by atoms with E-state index in [0.717, 1.165) is 11.4 Å². The Morgan fingerprint density at radius 1 is 0.238 bits per heavy atom. The maximum Gasteiger partial charge on any atom is 0.179 e. The van der Waals surface area contributed by atoms with Gasteiger partial charge in [-0.2, -0.15) is 0 Å². The Balaban J connectivity index is 1.05. The largest absolute Gasteiger partial charge is 0.309 e. The molecule has 0 aliphatic heterocycles. The fourth-order valence-electron chi connectivity index (χ4n) is 10.3. The molecule has 2 aromatic heterocycles. The molecule has 0 saturated carbocycles. The van der Waals surface area contributed by atoms with Gasteiger partial charge >= 0.3 is 0 Å². The van der Waals surface area contributed by atoms with Crippen LogP contribution in [0, 0.1) is 0 Å². The Bertz CT molecular complexity index is 3490. The average molecular weight is 819 g/mol. The van der Waals surface area contributed by atoms with Crippen LogP contribution in [-0.4, -0.2) is 17.2 Å². The van der Waals surface area contributed by atoms with Gasteiger partial charge in [-0.25, -0.2) is 0 Å². The molecule has 0 atom stereocenters. The number of para-hydroxylation sites is 2. The highest BCUT2D eigenvalue weighted by molar-refractivity contribution is 7.20. The second kappa shape index (κ2) is 15.2. The summed E-state index contributed by atoms with van der Waals surface area (Å²) >= 11 is 0. The van der Waals surface area contributed by atoms with Crippen LogP contribution in [-0.2, 0) is 0 Å². The first-order valence-corrected chi connectivity index (χ1v) is 23.8. The van der Waals surface area contributed by atoms with Gasteiger partial charge in [-0.05, 0) is 85.5 Å². The van der Waals surface area contributed by atoms with E-state index in [1.54, 1.807) is 0 Å². The molecule has 0 bridgehead atoms. The summed E-state index contributed by atoms with van der Waals surface area (Å²) in [6.07, 6.45) is 0. The number of rotatable bonds is 8. The predicted molar refractivity (Wildman–Crippen MR) is 270 cm³/mol. The average Bonchev–Trinajstić information content (AvgIpc) is 3.88. The topological polar surface area (TPSA) is 9.86 Å². The van der Waals surface area contributed by atoms with E-state index < -0.39 is 8.07 Å². The van der Waals surface area contributed by atoms with Crippen LogP contribution in [0.5, 0.6) is 0 Å². The molecule has 12 rings (SSSR count). The van der Waals surface area contributed by atoms with Gasteiger partial charge in [-0.15, -0.1) is 0 Å². The molecule has 2 nitrogen and oxygen atoms in total. The van der Waals surface area contributed by atoms with E-state index in [1.165, 1.54) is 86.6 Å². The molecule has 0 fully saturated rings. The molecule has 3 heteroatoms. The monoisotopic (exact) mass is 818 g/mol. The van der Waals surface area contributed by atoms with Crippen molar-refractivity contribution in [1.82, 2.24) is 9.13 Å². The van der Waals surface area contributed by atoms with Gasteiger partial charge in [0, 0.05) is 32.9 Å². The van der Waals surface area contributed by atoms with Crippen LogP contribution >= 0.6 is 0 Å². The minimum atomic E-state index is -2.73. The number of benzene rings is 10. The maximum absolute atomic E-state index is 2.73. The summed E-state index contributed by atoms with van der Waals surface area (Å²) in [5, 5.41) is 10.5. The van der Waals surface area contributed by atoms with Crippen LogP contribution < -0.4 is 20.7 Å². The molecule has 0 saturated heterocycles. The fraction of sp³-hybridized carbons (Fsp3) is 0. The minimum Gasteiger partial charge on any atom is -0.309 e. The standard InChI is InChI=1S/C60H42N2Si/c1-5-19-43(20-6-1)51-27-13-14-28-52(51)44-33-35-45(36-34-44)61-57-31-17-15-29-53(57)55-39-37-46(41-60(55)61)62-58-32-18-16-30-54(58)56-42-50(38-40-59(56)62)63(47-21-7-2-8-22-47,48-23-9-3-10-24-48)49-25-11-4-12-26-49/h1-42H. The van der Waals surface area contributed by atoms with E-state index in [4.69, 9.17) is 0 Å². The molecule has 0 N–H and O–H groups in total. The molecule has 0 aliphatic carbocycles. The molecule has 0 spiro atoms. The molecule has 2 heterocycles. The van der Waals surface area contributed by atoms with E-state index >= 15 is 0 Å². The molecule has 0 unspecified atom stereocenters. The highest BCUT2D eigenvalue weighted by Crippen LogP contribution is 2.38. The van der Waals surface area contributed by atoms with Gasteiger partial charge in [-0.3, -0.25) is 0 Å². The molecule has 0 radical (unpaired) electrons. The van der Waals surface area contributed by atoms with E-state index in [-0.39, 0.29) is 0 Å². The van der Waals surface area contributed by atoms with Crippen molar-refractivity contribution in [3.05, 3.63) is 255 Å². The summed E-state index contributed by atoms with van der Waals surface area (Å²) in [4.78, 5) is 0. The van der Waals surface area contributed by atoms with E-state index in [0.29, 0.717) is 0 Å². The normalized spacial score (nSPS) is 11.8. The first-order valence-electron chi connectivity index (χ1n) is 21.8. The maximum atomic E-state index is 2.51. The van der Waals surface area contributed by atoms with Crippen molar-refractivity contribution < 1.29 is 0 Å². The van der Waals surface area contributed by atoms with E-state index in [2.05, 4.69) is 264 Å². The minimum absolute atomic E-state index is 1.13. The second-order valence-electron chi connectivity index (χ2n) is 16.4. The second-order valence-corrected chi connectivity index (χ2v) is 20.3. The number of fused-ring (bicyclic) bond motifs is 6. The zero-order valence-corrected chi connectivity index (χ0v) is 35.6. The number of nitrogens with zero attached hydrogens (tertiary/aromatic N) is 2. The lowest BCUT2D eigenvalue weighted by molar-refractivity contribution is 1.15. The third-order valence-electron chi connectivity index (χ3n) is 13.1. The lowest BCUT2D eigenvalue weighted by Crippen LogP contribution is -2.74. The summed E-state index contributed by atoms with van der Waals surface area (Å²) in [6.45, 7) is 0. The Kier molecular flexibility index (Phi) is 8.87. The first kappa shape index (κ1) is 36.8. The van der Waals surface area contributed by atoms with Crippen molar-refractivity contribution in [2.24, 2.45) is 0 Å². The van der Waals surface area contributed by atoms with Gasteiger partial charge in [0.05, 0.1) is 22.1 Å². The summed E-state index contributed by atoms with van der Waals surface area (Å²) < 4.78 is 4.91. The van der Waals surface area contributed by atoms with Crippen molar-refractivity contribution in [2.45, 2.75) is 0 Å². The number of aromatic nitrogens is 2. The van der Waals surface area contributed by atoms with Crippen LogP contribution in [0.15, 0.2) is 255 Å². The number of hydrogen-bond donors (Lipinski definition) is 0. The Labute approximate surface area is 368 Å². The fourth-order valence-corrected chi connectivity index (χ4v) is 15.1. The van der Waals surface area contributed by atoms with Crippen LogP contribution in [0.2, 0.25) is 0 Å². The van der Waals surface area contributed by atoms with Gasteiger partial charge in [0.25, 0.3) is 0 Å². The van der Waals surface area contributed by atoms with E-state index in [9.17, 15) is 0 Å². The molecule has 0 aliphatic rings. The highest BCUT2D eigenvalue weighted by Gasteiger charge is 2.41. The molecule has 63 heavy (non-hydrogen) atoms. The van der Waals surface area contributed by atoms with Crippen LogP contribution in [0.4, 0.5) is 0 Å². The Morgan fingerprint density at radius 2 is 0.651 bits per heavy atom. The quantitative estimate of drug-likeness (QED) is 0.107. The summed E-state index contributed by atoms with van der Waals surface area (Å²) in [5.41, 5.74) is 11.9. The Morgan fingerprint density at radius 3 is 1.22 bits per heavy atom. The predicted octanol–water partition coefficient (Wildman–Crippen LogP) is 12.6. The van der Waals surface area contributed by atoms with Gasteiger partial charge in [0.2, 0.25) is 0 Å². The van der Waals surface area contributed by atoms with Crippen LogP contribution in [0.25, 0.3) is 77.2 Å². The summed E-state index contributed by atoms with van der Waals surface area (Å²) in [6, 6.07) is 94.1. The number of hydrogen-bond acceptors (Lipinski definition) is 0. The van der Waals surface area contributed by atoms with Crippen LogP contribution in [0.3, 0.4) is 0 Å². The third kappa shape index (κ3) is 5.93. The van der Waals surface area contributed by atoms with Crippen molar-refractivity contribution in [1.29, 1.82) is 0 Å². The zero-order valence-electron chi connectivity index (χ0n) is 34.6. The molecule has 0 amide bonds. The summed E-state index contributed by atoms with van der Waals surface area (Å²) in [7, 11) is -2.73. The van der Waals surface area contributed by atoms with Crippen LogP contribution in [0.1, 0.15) is 0 Å². The van der Waals surface area contributed by atoms with Crippen molar-refractivity contribution >= 4 is 72.4 Å². The SMILES string of the molecule is c1ccc(-c2ccccc2-c2ccc(-n3c4ccccc4c4ccc(-n5c6ccccc6c6cc([Si](c7ccccc7)(c7ccccc7)c7ccccc7)ccc65)cc43)cc2)cc1. The van der Waals surface area contributed by atoms with Gasteiger partial charge < -0.3 is 9.13 Å². The van der Waals surface area contributed by atoms with Gasteiger partial charge in [0.1, 0.15) is 0 Å². The molecule has 296 valence electrons. The molecule has 12 aromatic rings. The van der Waals surface area contributed by atoms with Crippen molar-refractivity contribution in [3.8, 4) is 33.6 Å². The van der Waals surface area contributed by atoms with Crippen molar-refractivity contribution in [2.75, 3.05) is 0 Å². The Hall–Kier alpha value is -7.98. The molecular formula is C60H42N2Si. The summed E-state index contributed by atoms with van der Waals surface area (Å²) in [5.74, 6) is 0. The first-order chi connectivity index (χ1) is 31.3. The van der Waals surface area contributed by atoms with Gasteiger partial charge in [0.15, 0.2) is 8.07 Å². The third-order valence-corrected chi connectivity index (χ3v) is 17.9. The lowest BCUT2D eigenvalue weighted by atomic mass is 9.94.